The molecule has 3 rings (SSSR count). The highest BCUT2D eigenvalue weighted by molar-refractivity contribution is 8.13. The molecule has 1 aliphatic rings. The van der Waals surface area contributed by atoms with Crippen molar-refractivity contribution in [2.24, 2.45) is 0 Å². The molecule has 10 heteroatoms. The van der Waals surface area contributed by atoms with Crippen LogP contribution in [-0.2, 0) is 28.6 Å². The van der Waals surface area contributed by atoms with Crippen molar-refractivity contribution in [1.82, 2.24) is 4.90 Å². The fourth-order valence-corrected chi connectivity index (χ4v) is 5.57. The first kappa shape index (κ1) is 23.6. The molecule has 0 aliphatic carbocycles. The molecule has 1 heterocycles. The maximum Gasteiger partial charge on any atom is 0.262 e. The number of amides is 1. The van der Waals surface area contributed by atoms with Crippen LogP contribution in [0.25, 0.3) is 0 Å². The van der Waals surface area contributed by atoms with Crippen molar-refractivity contribution in [3.05, 3.63) is 51.3 Å². The average molecular weight is 490 g/mol. The molecule has 0 unspecified atom stereocenters. The number of halogens is 3. The van der Waals surface area contributed by atoms with Crippen LogP contribution >= 0.6 is 22.3 Å². The minimum absolute atomic E-state index is 0.00389. The number of carbonyl (C=O) groups excluding carboxylic acids is 1. The number of carbonyl (C=O) groups is 1. The molecule has 0 bridgehead atoms. The molecule has 0 aromatic heterocycles. The Labute approximate surface area is 190 Å². The van der Waals surface area contributed by atoms with Crippen LogP contribution in [0.2, 0.25) is 5.02 Å². The Hall–Kier alpha value is -2.03. The Balaban J connectivity index is 2.17. The summed E-state index contributed by atoms with van der Waals surface area (Å²) in [6, 6.07) is 4.16. The maximum atomic E-state index is 13.5. The fraction of sp³-hybridized carbons (Fsp3) is 0.381. The van der Waals surface area contributed by atoms with E-state index in [9.17, 15) is 17.6 Å². The van der Waals surface area contributed by atoms with Crippen molar-refractivity contribution in [2.45, 2.75) is 44.2 Å². The Morgan fingerprint density at radius 3 is 2.42 bits per heavy atom. The van der Waals surface area contributed by atoms with Gasteiger partial charge in [0.1, 0.15) is 5.82 Å². The Bertz CT molecular complexity index is 1140. The molecule has 0 saturated carbocycles. The van der Waals surface area contributed by atoms with Crippen molar-refractivity contribution in [1.29, 1.82) is 0 Å². The van der Waals surface area contributed by atoms with E-state index in [0.717, 1.165) is 6.42 Å². The van der Waals surface area contributed by atoms with E-state index >= 15 is 0 Å². The van der Waals surface area contributed by atoms with Crippen molar-refractivity contribution in [3.63, 3.8) is 0 Å². The van der Waals surface area contributed by atoms with Crippen LogP contribution < -0.4 is 9.47 Å². The zero-order valence-corrected chi connectivity index (χ0v) is 19.6. The number of ether oxygens (including phenoxy) is 2. The number of nitrogens with zero attached hydrogens (tertiary/aromatic N) is 1. The lowest BCUT2D eigenvalue weighted by Crippen LogP contribution is -2.23. The van der Waals surface area contributed by atoms with Gasteiger partial charge >= 0.3 is 0 Å². The predicted molar refractivity (Wildman–Crippen MR) is 116 cm³/mol. The topological polar surface area (TPSA) is 72.9 Å². The highest BCUT2D eigenvalue weighted by Crippen LogP contribution is 2.47. The summed E-state index contributed by atoms with van der Waals surface area (Å²) >= 11 is 5.85. The van der Waals surface area contributed by atoms with E-state index in [2.05, 4.69) is 0 Å². The van der Waals surface area contributed by atoms with Crippen molar-refractivity contribution >= 4 is 37.2 Å². The second-order valence-corrected chi connectivity index (χ2v) is 10.1. The van der Waals surface area contributed by atoms with Gasteiger partial charge in [0.25, 0.3) is 15.0 Å². The van der Waals surface area contributed by atoms with Crippen molar-refractivity contribution in [3.8, 4) is 11.5 Å². The second kappa shape index (κ2) is 9.22. The normalized spacial score (nSPS) is 13.5. The summed E-state index contributed by atoms with van der Waals surface area (Å²) in [6.07, 6.45) is 1.91. The summed E-state index contributed by atoms with van der Waals surface area (Å²) in [4.78, 5) is 14.6. The van der Waals surface area contributed by atoms with E-state index in [1.165, 1.54) is 37.3 Å². The number of benzene rings is 2. The van der Waals surface area contributed by atoms with E-state index in [1.807, 2.05) is 6.92 Å². The van der Waals surface area contributed by atoms with Crippen LogP contribution in [0.4, 0.5) is 4.39 Å². The number of hydrogen-bond acceptors (Lipinski definition) is 5. The molecular formula is C21H22Cl2FNO5S. The van der Waals surface area contributed by atoms with Gasteiger partial charge in [-0.25, -0.2) is 12.8 Å². The molecule has 0 radical (unpaired) electrons. The van der Waals surface area contributed by atoms with Gasteiger partial charge in [-0.1, -0.05) is 31.0 Å². The highest BCUT2D eigenvalue weighted by atomic mass is 35.7. The zero-order chi connectivity index (χ0) is 22.9. The second-order valence-electron chi connectivity index (χ2n) is 7.18. The molecule has 1 aliphatic heterocycles. The molecule has 168 valence electrons. The Kier molecular flexibility index (Phi) is 7.03. The number of fused-ring (bicyclic) bond motifs is 1. The first-order valence-corrected chi connectivity index (χ1v) is 12.3. The van der Waals surface area contributed by atoms with Gasteiger partial charge in [-0.15, -0.1) is 0 Å². The number of unbranched alkanes of at least 4 members (excludes halogenated alkanes) is 1. The molecule has 6 nitrogen and oxygen atoms in total. The average Bonchev–Trinajstić information content (AvgIpc) is 3.02. The lowest BCUT2D eigenvalue weighted by Gasteiger charge is -2.19. The lowest BCUT2D eigenvalue weighted by molar-refractivity contribution is 0.0763. The molecule has 1 amide bonds. The number of hydrogen-bond donors (Lipinski definition) is 0. The summed E-state index contributed by atoms with van der Waals surface area (Å²) in [5.74, 6) is -0.635. The van der Waals surface area contributed by atoms with Gasteiger partial charge in [0, 0.05) is 34.9 Å². The molecule has 2 aromatic carbocycles. The summed E-state index contributed by atoms with van der Waals surface area (Å²) in [6.45, 7) is 2.08. The fourth-order valence-electron chi connectivity index (χ4n) is 3.86. The molecule has 31 heavy (non-hydrogen) atoms. The highest BCUT2D eigenvalue weighted by Gasteiger charge is 2.40. The summed E-state index contributed by atoms with van der Waals surface area (Å²) in [7, 11) is 4.43. The van der Waals surface area contributed by atoms with Crippen molar-refractivity contribution < 1.29 is 27.1 Å². The Morgan fingerprint density at radius 1 is 1.19 bits per heavy atom. The van der Waals surface area contributed by atoms with Gasteiger partial charge in [-0.05, 0) is 30.5 Å². The summed E-state index contributed by atoms with van der Waals surface area (Å²) < 4.78 is 49.6. The van der Waals surface area contributed by atoms with Gasteiger partial charge in [-0.2, -0.15) is 0 Å². The molecule has 0 atom stereocenters. The number of methoxy groups -OCH3 is 2. The van der Waals surface area contributed by atoms with Gasteiger partial charge in [0.15, 0.2) is 11.5 Å². The summed E-state index contributed by atoms with van der Waals surface area (Å²) in [5, 5.41) is -0.0632. The van der Waals surface area contributed by atoms with Gasteiger partial charge in [-0.3, -0.25) is 4.79 Å². The standard InChI is InChI=1S/C21H22Cl2FNO5S/c1-4-5-6-13-18(29-2)19(30-3)17-14(20(13)31(23,27)28)11-25(21(17)26)10-12-7-8-16(24)15(22)9-12/h7-9H,4-6,10-11H2,1-3H3. The molecule has 0 fully saturated rings. The van der Waals surface area contributed by atoms with Crippen LogP contribution in [0.15, 0.2) is 23.1 Å². The minimum atomic E-state index is -4.19. The Morgan fingerprint density at radius 2 is 1.87 bits per heavy atom. The lowest BCUT2D eigenvalue weighted by atomic mass is 9.99. The number of rotatable bonds is 8. The monoisotopic (exact) mass is 489 g/mol. The molecule has 0 spiro atoms. The molecule has 2 aromatic rings. The maximum absolute atomic E-state index is 13.5. The third-order valence-corrected chi connectivity index (χ3v) is 6.93. The zero-order valence-electron chi connectivity index (χ0n) is 17.3. The van der Waals surface area contributed by atoms with E-state index < -0.39 is 20.8 Å². The molecular weight excluding hydrogens is 468 g/mol. The van der Waals surface area contributed by atoms with Crippen LogP contribution in [0.5, 0.6) is 11.5 Å². The van der Waals surface area contributed by atoms with E-state index in [4.69, 9.17) is 31.8 Å². The first-order chi connectivity index (χ1) is 14.6. The van der Waals surface area contributed by atoms with E-state index in [0.29, 0.717) is 24.0 Å². The van der Waals surface area contributed by atoms with Crippen molar-refractivity contribution in [2.75, 3.05) is 14.2 Å². The van der Waals surface area contributed by atoms with Crippen LogP contribution in [0.3, 0.4) is 0 Å². The van der Waals surface area contributed by atoms with Gasteiger partial charge in [0.2, 0.25) is 0 Å². The van der Waals surface area contributed by atoms with Crippen LogP contribution in [0.1, 0.15) is 46.8 Å². The first-order valence-electron chi connectivity index (χ1n) is 9.61. The van der Waals surface area contributed by atoms with Gasteiger partial charge < -0.3 is 14.4 Å². The van der Waals surface area contributed by atoms with E-state index in [-0.39, 0.29) is 45.6 Å². The molecule has 0 saturated heterocycles. The summed E-state index contributed by atoms with van der Waals surface area (Å²) in [5.41, 5.74) is 1.37. The van der Waals surface area contributed by atoms with Crippen LogP contribution in [-0.4, -0.2) is 33.4 Å². The minimum Gasteiger partial charge on any atom is -0.493 e. The smallest absolute Gasteiger partial charge is 0.262 e. The largest absolute Gasteiger partial charge is 0.493 e. The quantitative estimate of drug-likeness (QED) is 0.491. The predicted octanol–water partition coefficient (Wildman–Crippen LogP) is 4.92. The van der Waals surface area contributed by atoms with E-state index in [1.54, 1.807) is 0 Å². The third-order valence-electron chi connectivity index (χ3n) is 5.20. The SMILES string of the molecule is CCCCc1c(OC)c(OC)c2c(c1S(=O)(=O)Cl)CN(Cc1ccc(F)c(Cl)c1)C2=O. The van der Waals surface area contributed by atoms with Crippen LogP contribution in [0, 0.1) is 5.82 Å². The van der Waals surface area contributed by atoms with Gasteiger partial charge in [0.05, 0.1) is 29.7 Å². The molecule has 0 N–H and O–H groups in total. The third kappa shape index (κ3) is 4.47.